The highest BCUT2D eigenvalue weighted by atomic mass is 16.2. The van der Waals surface area contributed by atoms with Crippen LogP contribution in [0.4, 0.5) is 0 Å². The van der Waals surface area contributed by atoms with E-state index in [4.69, 9.17) is 11.5 Å². The van der Waals surface area contributed by atoms with Crippen molar-refractivity contribution >= 4 is 11.8 Å². The molecule has 0 aliphatic carbocycles. The van der Waals surface area contributed by atoms with Crippen molar-refractivity contribution in [3.05, 3.63) is 0 Å². The molecule has 0 aromatic rings. The Bertz CT molecular complexity index is 313. The summed E-state index contributed by atoms with van der Waals surface area (Å²) in [5.74, 6) is -0.373. The van der Waals surface area contributed by atoms with Crippen molar-refractivity contribution in [3.63, 3.8) is 0 Å². The molecule has 0 spiro atoms. The molecule has 0 fully saturated rings. The minimum Gasteiger partial charge on any atom is -0.351 e. The molecule has 6 nitrogen and oxygen atoms in total. The van der Waals surface area contributed by atoms with Gasteiger partial charge in [-0.1, -0.05) is 0 Å². The summed E-state index contributed by atoms with van der Waals surface area (Å²) >= 11 is 0. The molecule has 0 aliphatic heterocycles. The second kappa shape index (κ2) is 6.15. The summed E-state index contributed by atoms with van der Waals surface area (Å²) in [5, 5.41) is 5.69. The minimum atomic E-state index is -0.701. The Morgan fingerprint density at radius 1 is 1.11 bits per heavy atom. The Kier molecular flexibility index (Phi) is 5.76. The number of nitrogens with two attached hydrogens (primary N) is 2. The first kappa shape index (κ1) is 16.9. The van der Waals surface area contributed by atoms with Crippen molar-refractivity contribution in [1.82, 2.24) is 10.6 Å². The summed E-state index contributed by atoms with van der Waals surface area (Å²) in [6, 6.07) is -0.701. The molecule has 6 heteroatoms. The maximum Gasteiger partial charge on any atom is 0.238 e. The standard InChI is InChI=1S/C12H26N4O2/c1-8(17)15-11(2,3)7-12(4,5)16-10(18)9(14)6-13/h9H,6-7,13-14H2,1-5H3,(H,15,17)(H,16,18). The molecule has 0 radical (unpaired) electrons. The third-order valence-corrected chi connectivity index (χ3v) is 2.45. The van der Waals surface area contributed by atoms with E-state index in [1.165, 1.54) is 6.92 Å². The van der Waals surface area contributed by atoms with Gasteiger partial charge in [0.1, 0.15) is 0 Å². The summed E-state index contributed by atoms with van der Waals surface area (Å²) in [6.07, 6.45) is 0.586. The lowest BCUT2D eigenvalue weighted by atomic mass is 9.86. The fourth-order valence-corrected chi connectivity index (χ4v) is 2.20. The molecule has 0 saturated heterocycles. The zero-order valence-electron chi connectivity index (χ0n) is 12.0. The largest absolute Gasteiger partial charge is 0.351 e. The predicted octanol–water partition coefficient (Wildman–Crippen LogP) is -0.528. The van der Waals surface area contributed by atoms with Crippen LogP contribution in [0.1, 0.15) is 41.0 Å². The SMILES string of the molecule is CC(=O)NC(C)(C)CC(C)(C)NC(=O)C(N)CN. The van der Waals surface area contributed by atoms with Crippen molar-refractivity contribution < 1.29 is 9.59 Å². The highest BCUT2D eigenvalue weighted by Gasteiger charge is 2.31. The molecule has 0 bridgehead atoms. The van der Waals surface area contributed by atoms with Crippen molar-refractivity contribution in [1.29, 1.82) is 0 Å². The molecule has 6 N–H and O–H groups in total. The summed E-state index contributed by atoms with van der Waals surface area (Å²) in [7, 11) is 0. The molecule has 18 heavy (non-hydrogen) atoms. The Labute approximate surface area is 109 Å². The number of carbonyl (C=O) groups is 2. The smallest absolute Gasteiger partial charge is 0.238 e. The van der Waals surface area contributed by atoms with Gasteiger partial charge in [-0.15, -0.1) is 0 Å². The van der Waals surface area contributed by atoms with Gasteiger partial charge >= 0.3 is 0 Å². The first-order valence-electron chi connectivity index (χ1n) is 6.05. The molecule has 2 amide bonds. The van der Waals surface area contributed by atoms with Gasteiger partial charge in [-0.05, 0) is 34.1 Å². The number of hydrogen-bond acceptors (Lipinski definition) is 4. The molecule has 0 aromatic carbocycles. The molecule has 0 heterocycles. The summed E-state index contributed by atoms with van der Waals surface area (Å²) in [6.45, 7) is 9.17. The van der Waals surface area contributed by atoms with Crippen LogP contribution in [0.3, 0.4) is 0 Å². The van der Waals surface area contributed by atoms with E-state index in [0.717, 1.165) is 0 Å². The van der Waals surface area contributed by atoms with Gasteiger partial charge in [-0.3, -0.25) is 9.59 Å². The van der Waals surface area contributed by atoms with E-state index in [0.29, 0.717) is 6.42 Å². The summed E-state index contributed by atoms with van der Waals surface area (Å²) in [4.78, 5) is 22.8. The van der Waals surface area contributed by atoms with Crippen LogP contribution in [0.2, 0.25) is 0 Å². The van der Waals surface area contributed by atoms with Gasteiger partial charge in [-0.25, -0.2) is 0 Å². The third-order valence-electron chi connectivity index (χ3n) is 2.45. The van der Waals surface area contributed by atoms with Crippen molar-refractivity contribution in [2.24, 2.45) is 11.5 Å². The molecule has 1 unspecified atom stereocenters. The average Bonchev–Trinajstić information content (AvgIpc) is 2.10. The maximum atomic E-state index is 11.7. The zero-order chi connectivity index (χ0) is 14.6. The zero-order valence-corrected chi connectivity index (χ0v) is 12.0. The highest BCUT2D eigenvalue weighted by Crippen LogP contribution is 2.19. The Morgan fingerprint density at radius 3 is 1.94 bits per heavy atom. The highest BCUT2D eigenvalue weighted by molar-refractivity contribution is 5.82. The van der Waals surface area contributed by atoms with Gasteiger partial charge in [-0.2, -0.15) is 0 Å². The molecule has 1 atom stereocenters. The van der Waals surface area contributed by atoms with Gasteiger partial charge < -0.3 is 22.1 Å². The van der Waals surface area contributed by atoms with Gasteiger partial charge in [0.15, 0.2) is 0 Å². The third kappa shape index (κ3) is 6.56. The molecule has 0 rings (SSSR count). The fraction of sp³-hybridized carbons (Fsp3) is 0.833. The number of carbonyl (C=O) groups excluding carboxylic acids is 2. The minimum absolute atomic E-state index is 0.0965. The van der Waals surface area contributed by atoms with Crippen molar-refractivity contribution in [3.8, 4) is 0 Å². The normalized spacial score (nSPS) is 13.9. The Balaban J connectivity index is 4.55. The fourth-order valence-electron chi connectivity index (χ4n) is 2.20. The first-order valence-corrected chi connectivity index (χ1v) is 6.05. The van der Waals surface area contributed by atoms with Gasteiger partial charge in [0.05, 0.1) is 6.04 Å². The quantitative estimate of drug-likeness (QED) is 0.513. The number of amides is 2. The second-order valence-corrected chi connectivity index (χ2v) is 5.96. The molecular weight excluding hydrogens is 232 g/mol. The lowest BCUT2D eigenvalue weighted by Gasteiger charge is -2.36. The topological polar surface area (TPSA) is 110 Å². The van der Waals surface area contributed by atoms with E-state index in [-0.39, 0.29) is 18.4 Å². The number of nitrogens with one attached hydrogen (secondary N) is 2. The molecular formula is C12H26N4O2. The van der Waals surface area contributed by atoms with E-state index in [1.807, 2.05) is 27.7 Å². The van der Waals surface area contributed by atoms with Crippen LogP contribution < -0.4 is 22.1 Å². The van der Waals surface area contributed by atoms with Gasteiger partial charge in [0.25, 0.3) is 0 Å². The monoisotopic (exact) mass is 258 g/mol. The Hall–Kier alpha value is -1.14. The first-order chi connectivity index (χ1) is 7.99. The molecule has 106 valence electrons. The van der Waals surface area contributed by atoms with E-state index in [2.05, 4.69) is 10.6 Å². The molecule has 0 aliphatic rings. The maximum absolute atomic E-state index is 11.7. The van der Waals surface area contributed by atoms with Gasteiger partial charge in [0.2, 0.25) is 11.8 Å². The van der Waals surface area contributed by atoms with Crippen LogP contribution in [-0.4, -0.2) is 35.5 Å². The lowest BCUT2D eigenvalue weighted by Crippen LogP contribution is -2.57. The van der Waals surface area contributed by atoms with Crippen LogP contribution in [0.25, 0.3) is 0 Å². The predicted molar refractivity (Wildman–Crippen MR) is 71.8 cm³/mol. The van der Waals surface area contributed by atoms with E-state index < -0.39 is 17.1 Å². The van der Waals surface area contributed by atoms with Crippen molar-refractivity contribution in [2.45, 2.75) is 58.2 Å². The van der Waals surface area contributed by atoms with E-state index >= 15 is 0 Å². The lowest BCUT2D eigenvalue weighted by molar-refractivity contribution is -0.124. The molecule has 0 aromatic heterocycles. The number of rotatable bonds is 6. The van der Waals surface area contributed by atoms with E-state index in [9.17, 15) is 9.59 Å². The van der Waals surface area contributed by atoms with E-state index in [1.54, 1.807) is 0 Å². The second-order valence-electron chi connectivity index (χ2n) is 5.96. The van der Waals surface area contributed by atoms with Crippen LogP contribution in [0.15, 0.2) is 0 Å². The van der Waals surface area contributed by atoms with Crippen LogP contribution in [0.5, 0.6) is 0 Å². The number of hydrogen-bond donors (Lipinski definition) is 4. The van der Waals surface area contributed by atoms with Gasteiger partial charge in [0, 0.05) is 24.5 Å². The average molecular weight is 258 g/mol. The molecule has 0 saturated carbocycles. The van der Waals surface area contributed by atoms with Crippen LogP contribution in [-0.2, 0) is 9.59 Å². The summed E-state index contributed by atoms with van der Waals surface area (Å²) < 4.78 is 0. The Morgan fingerprint density at radius 2 is 1.56 bits per heavy atom. The van der Waals surface area contributed by atoms with Crippen molar-refractivity contribution in [2.75, 3.05) is 6.54 Å². The summed E-state index contributed by atoms with van der Waals surface area (Å²) in [5.41, 5.74) is 10.0. The van der Waals surface area contributed by atoms with Crippen LogP contribution in [0, 0.1) is 0 Å². The van der Waals surface area contributed by atoms with Crippen LogP contribution >= 0.6 is 0 Å².